The molecule has 0 saturated heterocycles. The summed E-state index contributed by atoms with van der Waals surface area (Å²) in [5, 5.41) is 1.34. The fourth-order valence-electron chi connectivity index (χ4n) is 2.84. The minimum Gasteiger partial charge on any atom is -0.329 e. The molecule has 1 saturated carbocycles. The van der Waals surface area contributed by atoms with E-state index in [0.717, 1.165) is 32.0 Å². The van der Waals surface area contributed by atoms with Crippen molar-refractivity contribution >= 4 is 23.7 Å². The van der Waals surface area contributed by atoms with E-state index in [4.69, 9.17) is 5.73 Å². The first-order valence-corrected chi connectivity index (χ1v) is 9.08. The van der Waals surface area contributed by atoms with Gasteiger partial charge in [0.1, 0.15) is 0 Å². The average molecular weight is 352 g/mol. The molecule has 1 fully saturated rings. The summed E-state index contributed by atoms with van der Waals surface area (Å²) < 4.78 is 0. The Bertz CT molecular complexity index is 569. The molecule has 2 aromatic rings. The fraction of sp³-hybridized carbons (Fsp3) is 0.500. The molecule has 1 aliphatic rings. The van der Waals surface area contributed by atoms with Gasteiger partial charge in [0.05, 0.1) is 5.01 Å². The minimum atomic E-state index is 0. The first kappa shape index (κ1) is 18.4. The lowest BCUT2D eigenvalue weighted by atomic mass is 9.86. The zero-order valence-corrected chi connectivity index (χ0v) is 15.1. The molecule has 3 rings (SSSR count). The molecular formula is C18H26ClN3S. The topological polar surface area (TPSA) is 42.1 Å². The average Bonchev–Trinajstić information content (AvgIpc) is 2.92. The van der Waals surface area contributed by atoms with Crippen molar-refractivity contribution in [2.45, 2.75) is 38.1 Å². The van der Waals surface area contributed by atoms with E-state index in [1.54, 1.807) is 0 Å². The molecule has 1 aromatic carbocycles. The van der Waals surface area contributed by atoms with Crippen molar-refractivity contribution in [2.24, 2.45) is 5.73 Å². The highest BCUT2D eigenvalue weighted by Gasteiger charge is 2.22. The Labute approximate surface area is 149 Å². The van der Waals surface area contributed by atoms with Gasteiger partial charge in [-0.25, -0.2) is 4.98 Å². The van der Waals surface area contributed by atoms with E-state index in [-0.39, 0.29) is 12.4 Å². The van der Waals surface area contributed by atoms with E-state index in [1.807, 2.05) is 11.3 Å². The normalized spacial score (nSPS) is 14.5. The Morgan fingerprint density at radius 1 is 1.17 bits per heavy atom. The number of nitrogens with zero attached hydrogens (tertiary/aromatic N) is 2. The molecule has 2 N–H and O–H groups in total. The van der Waals surface area contributed by atoms with E-state index >= 15 is 0 Å². The van der Waals surface area contributed by atoms with Crippen LogP contribution in [-0.4, -0.2) is 29.5 Å². The fourth-order valence-corrected chi connectivity index (χ4v) is 3.97. The maximum Gasteiger partial charge on any atom is 0.0959 e. The van der Waals surface area contributed by atoms with Gasteiger partial charge in [-0.05, 0) is 24.8 Å². The highest BCUT2D eigenvalue weighted by molar-refractivity contribution is 7.11. The number of hydrogen-bond acceptors (Lipinski definition) is 4. The third-order valence-corrected chi connectivity index (χ3v) is 5.55. The molecule has 126 valence electrons. The predicted octanol–water partition coefficient (Wildman–Crippen LogP) is 3.84. The zero-order chi connectivity index (χ0) is 15.2. The smallest absolute Gasteiger partial charge is 0.0959 e. The SMILES string of the molecule is Cl.NCCN(CCc1ccccc1)Cc1cnc(C2CCC2)s1. The van der Waals surface area contributed by atoms with Gasteiger partial charge in [0.15, 0.2) is 0 Å². The first-order chi connectivity index (χ1) is 10.8. The van der Waals surface area contributed by atoms with Crippen LogP contribution in [0.2, 0.25) is 0 Å². The van der Waals surface area contributed by atoms with Gasteiger partial charge in [0.25, 0.3) is 0 Å². The van der Waals surface area contributed by atoms with E-state index in [9.17, 15) is 0 Å². The molecule has 23 heavy (non-hydrogen) atoms. The van der Waals surface area contributed by atoms with Crippen molar-refractivity contribution in [2.75, 3.05) is 19.6 Å². The largest absolute Gasteiger partial charge is 0.329 e. The molecule has 0 atom stereocenters. The van der Waals surface area contributed by atoms with Gasteiger partial charge < -0.3 is 5.73 Å². The van der Waals surface area contributed by atoms with Crippen LogP contribution >= 0.6 is 23.7 Å². The molecule has 1 heterocycles. The van der Waals surface area contributed by atoms with Crippen LogP contribution in [0.1, 0.15) is 40.6 Å². The second kappa shape index (κ2) is 9.38. The third kappa shape index (κ3) is 5.28. The molecule has 0 bridgehead atoms. The number of nitrogens with two attached hydrogens (primary N) is 1. The van der Waals surface area contributed by atoms with Gasteiger partial charge in [-0.1, -0.05) is 36.8 Å². The number of benzene rings is 1. The van der Waals surface area contributed by atoms with Crippen molar-refractivity contribution in [3.8, 4) is 0 Å². The highest BCUT2D eigenvalue weighted by Crippen LogP contribution is 2.38. The number of hydrogen-bond donors (Lipinski definition) is 1. The minimum absolute atomic E-state index is 0. The Balaban J connectivity index is 0.00000192. The van der Waals surface area contributed by atoms with Crippen molar-refractivity contribution in [1.82, 2.24) is 9.88 Å². The molecule has 0 radical (unpaired) electrons. The summed E-state index contributed by atoms with van der Waals surface area (Å²) in [4.78, 5) is 8.46. The molecule has 3 nitrogen and oxygen atoms in total. The summed E-state index contributed by atoms with van der Waals surface area (Å²) in [5.41, 5.74) is 7.17. The van der Waals surface area contributed by atoms with Crippen LogP contribution in [0.15, 0.2) is 36.5 Å². The standard InChI is InChI=1S/C18H25N3S.ClH/c19-10-12-21(11-9-15-5-2-1-3-6-15)14-17-13-20-18(22-17)16-7-4-8-16;/h1-3,5-6,13,16H,4,7-12,14,19H2;1H. The molecule has 5 heteroatoms. The quantitative estimate of drug-likeness (QED) is 0.785. The van der Waals surface area contributed by atoms with E-state index in [2.05, 4.69) is 46.4 Å². The van der Waals surface area contributed by atoms with Crippen molar-refractivity contribution < 1.29 is 0 Å². The molecule has 1 aliphatic carbocycles. The lowest BCUT2D eigenvalue weighted by Crippen LogP contribution is -2.30. The number of halogens is 1. The van der Waals surface area contributed by atoms with Gasteiger partial charge in [0, 0.05) is 43.2 Å². The van der Waals surface area contributed by atoms with E-state index < -0.39 is 0 Å². The van der Waals surface area contributed by atoms with Crippen molar-refractivity contribution in [3.05, 3.63) is 52.0 Å². The molecule has 0 spiro atoms. The van der Waals surface area contributed by atoms with Gasteiger partial charge in [-0.15, -0.1) is 23.7 Å². The van der Waals surface area contributed by atoms with E-state index in [0.29, 0.717) is 6.54 Å². The molecular weight excluding hydrogens is 326 g/mol. The third-order valence-electron chi connectivity index (χ3n) is 4.41. The summed E-state index contributed by atoms with van der Waals surface area (Å²) in [6.45, 7) is 3.69. The van der Waals surface area contributed by atoms with Gasteiger partial charge >= 0.3 is 0 Å². The molecule has 0 unspecified atom stereocenters. The summed E-state index contributed by atoms with van der Waals surface area (Å²) in [5.74, 6) is 0.742. The molecule has 0 amide bonds. The summed E-state index contributed by atoms with van der Waals surface area (Å²) in [6.07, 6.45) is 7.18. The first-order valence-electron chi connectivity index (χ1n) is 8.26. The van der Waals surface area contributed by atoms with E-state index in [1.165, 1.54) is 34.7 Å². The lowest BCUT2D eigenvalue weighted by Gasteiger charge is -2.23. The van der Waals surface area contributed by atoms with Crippen molar-refractivity contribution in [1.29, 1.82) is 0 Å². The van der Waals surface area contributed by atoms with Gasteiger partial charge in [-0.3, -0.25) is 4.90 Å². The molecule has 1 aromatic heterocycles. The maximum atomic E-state index is 5.78. The summed E-state index contributed by atoms with van der Waals surface area (Å²) >= 11 is 1.90. The van der Waals surface area contributed by atoms with Crippen molar-refractivity contribution in [3.63, 3.8) is 0 Å². The van der Waals surface area contributed by atoms with Crippen LogP contribution in [0, 0.1) is 0 Å². The van der Waals surface area contributed by atoms with Crippen LogP contribution in [0.5, 0.6) is 0 Å². The Kier molecular flexibility index (Phi) is 7.50. The Hall–Kier alpha value is -0.940. The number of thiazole rings is 1. The second-order valence-corrected chi connectivity index (χ2v) is 7.24. The number of aromatic nitrogens is 1. The highest BCUT2D eigenvalue weighted by atomic mass is 35.5. The Morgan fingerprint density at radius 2 is 1.96 bits per heavy atom. The summed E-state index contributed by atoms with van der Waals surface area (Å²) in [6, 6.07) is 10.7. The second-order valence-electron chi connectivity index (χ2n) is 6.09. The maximum absolute atomic E-state index is 5.78. The van der Waals surface area contributed by atoms with Crippen LogP contribution in [0.3, 0.4) is 0 Å². The molecule has 0 aliphatic heterocycles. The van der Waals surface area contributed by atoms with Crippen LogP contribution in [0.4, 0.5) is 0 Å². The summed E-state index contributed by atoms with van der Waals surface area (Å²) in [7, 11) is 0. The monoisotopic (exact) mass is 351 g/mol. The zero-order valence-electron chi connectivity index (χ0n) is 13.5. The van der Waals surface area contributed by atoms with Crippen LogP contribution in [-0.2, 0) is 13.0 Å². The Morgan fingerprint density at radius 3 is 2.61 bits per heavy atom. The number of rotatable bonds is 8. The van der Waals surface area contributed by atoms with Gasteiger partial charge in [-0.2, -0.15) is 0 Å². The van der Waals surface area contributed by atoms with Crippen LogP contribution in [0.25, 0.3) is 0 Å². The lowest BCUT2D eigenvalue weighted by molar-refractivity contribution is 0.278. The predicted molar refractivity (Wildman–Crippen MR) is 100 cm³/mol. The van der Waals surface area contributed by atoms with Crippen LogP contribution < -0.4 is 5.73 Å². The van der Waals surface area contributed by atoms with Gasteiger partial charge in [0.2, 0.25) is 0 Å².